The van der Waals surface area contributed by atoms with Gasteiger partial charge in [0.25, 0.3) is 0 Å². The summed E-state index contributed by atoms with van der Waals surface area (Å²) in [4.78, 5) is 10.7. The van der Waals surface area contributed by atoms with Gasteiger partial charge in [0.1, 0.15) is 5.82 Å². The molecular formula is C13H16FNO2S. The van der Waals surface area contributed by atoms with Crippen LogP contribution in [0.1, 0.15) is 29.6 Å². The van der Waals surface area contributed by atoms with Crippen LogP contribution < -0.4 is 5.32 Å². The molecule has 0 aliphatic heterocycles. The molecule has 1 aromatic rings. The molecule has 1 aliphatic rings. The van der Waals surface area contributed by atoms with Gasteiger partial charge in [0.15, 0.2) is 0 Å². The molecule has 1 saturated carbocycles. The van der Waals surface area contributed by atoms with E-state index in [-0.39, 0.29) is 10.3 Å². The maximum absolute atomic E-state index is 13.5. The molecule has 0 radical (unpaired) electrons. The molecule has 18 heavy (non-hydrogen) atoms. The molecule has 0 unspecified atom stereocenters. The van der Waals surface area contributed by atoms with E-state index in [0.717, 1.165) is 6.54 Å². The number of rotatable bonds is 5. The van der Waals surface area contributed by atoms with Gasteiger partial charge in [-0.1, -0.05) is 6.42 Å². The van der Waals surface area contributed by atoms with Crippen LogP contribution in [0.2, 0.25) is 0 Å². The summed E-state index contributed by atoms with van der Waals surface area (Å²) in [6, 6.07) is 4.15. The first-order valence-electron chi connectivity index (χ1n) is 5.88. The van der Waals surface area contributed by atoms with Crippen molar-refractivity contribution in [1.82, 2.24) is 0 Å². The van der Waals surface area contributed by atoms with Gasteiger partial charge in [-0.05, 0) is 37.3 Å². The first kappa shape index (κ1) is 13.2. The second-order valence-corrected chi connectivity index (χ2v) is 5.87. The standard InChI is InChI=1S/C13H16FNO2S/c1-18-13(5-2-6-13)8-15-9-3-4-10(12(16)17)11(14)7-9/h3-4,7,15H,2,5-6,8H2,1H3,(H,16,17). The molecule has 2 rings (SSSR count). The number of carbonyl (C=O) groups is 1. The predicted octanol–water partition coefficient (Wildman–Crippen LogP) is 3.22. The van der Waals surface area contributed by atoms with Crippen LogP contribution in [0.5, 0.6) is 0 Å². The Morgan fingerprint density at radius 3 is 2.72 bits per heavy atom. The summed E-state index contributed by atoms with van der Waals surface area (Å²) >= 11 is 1.84. The minimum absolute atomic E-state index is 0.266. The summed E-state index contributed by atoms with van der Waals surface area (Å²) in [5, 5.41) is 11.9. The highest BCUT2D eigenvalue weighted by atomic mass is 32.2. The molecule has 5 heteroatoms. The van der Waals surface area contributed by atoms with Crippen molar-refractivity contribution < 1.29 is 14.3 Å². The average molecular weight is 269 g/mol. The average Bonchev–Trinajstić information content (AvgIpc) is 2.27. The van der Waals surface area contributed by atoms with E-state index in [0.29, 0.717) is 5.69 Å². The third kappa shape index (κ3) is 2.61. The summed E-state index contributed by atoms with van der Waals surface area (Å²) in [7, 11) is 0. The van der Waals surface area contributed by atoms with Crippen molar-refractivity contribution in [2.75, 3.05) is 18.1 Å². The van der Waals surface area contributed by atoms with Gasteiger partial charge in [0.2, 0.25) is 0 Å². The Hall–Kier alpha value is -1.23. The number of halogens is 1. The highest BCUT2D eigenvalue weighted by Crippen LogP contribution is 2.42. The maximum Gasteiger partial charge on any atom is 0.338 e. The molecule has 0 aromatic heterocycles. The van der Waals surface area contributed by atoms with Crippen molar-refractivity contribution >= 4 is 23.4 Å². The highest BCUT2D eigenvalue weighted by Gasteiger charge is 2.35. The molecule has 0 bridgehead atoms. The van der Waals surface area contributed by atoms with Crippen LogP contribution in [0.4, 0.5) is 10.1 Å². The van der Waals surface area contributed by atoms with Gasteiger partial charge >= 0.3 is 5.97 Å². The number of benzene rings is 1. The number of hydrogen-bond donors (Lipinski definition) is 2. The smallest absolute Gasteiger partial charge is 0.338 e. The second kappa shape index (κ2) is 5.18. The fourth-order valence-corrected chi connectivity index (χ4v) is 3.00. The van der Waals surface area contributed by atoms with Crippen LogP contribution in [0.3, 0.4) is 0 Å². The summed E-state index contributed by atoms with van der Waals surface area (Å²) in [5.41, 5.74) is 0.349. The van der Waals surface area contributed by atoms with E-state index in [1.165, 1.54) is 31.4 Å². The van der Waals surface area contributed by atoms with Gasteiger partial charge in [0, 0.05) is 17.0 Å². The maximum atomic E-state index is 13.5. The molecule has 1 fully saturated rings. The molecule has 1 aliphatic carbocycles. The van der Waals surface area contributed by atoms with Gasteiger partial charge in [-0.15, -0.1) is 0 Å². The monoisotopic (exact) mass is 269 g/mol. The molecule has 3 nitrogen and oxygen atoms in total. The Bertz CT molecular complexity index is 455. The van der Waals surface area contributed by atoms with E-state index in [2.05, 4.69) is 11.6 Å². The molecular weight excluding hydrogens is 253 g/mol. The molecule has 0 saturated heterocycles. The van der Waals surface area contributed by atoms with E-state index in [1.54, 1.807) is 6.07 Å². The van der Waals surface area contributed by atoms with Crippen LogP contribution in [0.15, 0.2) is 18.2 Å². The largest absolute Gasteiger partial charge is 0.478 e. The summed E-state index contributed by atoms with van der Waals surface area (Å²) < 4.78 is 13.7. The highest BCUT2D eigenvalue weighted by molar-refractivity contribution is 8.00. The van der Waals surface area contributed by atoms with Crippen molar-refractivity contribution in [3.05, 3.63) is 29.6 Å². The van der Waals surface area contributed by atoms with E-state index in [4.69, 9.17) is 5.11 Å². The zero-order valence-electron chi connectivity index (χ0n) is 10.2. The van der Waals surface area contributed by atoms with Crippen LogP contribution >= 0.6 is 11.8 Å². The van der Waals surface area contributed by atoms with Crippen molar-refractivity contribution in [1.29, 1.82) is 0 Å². The lowest BCUT2D eigenvalue weighted by molar-refractivity contribution is 0.0692. The third-order valence-corrected chi connectivity index (χ3v) is 4.93. The van der Waals surface area contributed by atoms with E-state index in [1.807, 2.05) is 11.8 Å². The minimum atomic E-state index is -1.24. The lowest BCUT2D eigenvalue weighted by Crippen LogP contribution is -2.40. The Labute approximate surface area is 110 Å². The first-order chi connectivity index (χ1) is 8.56. The zero-order valence-corrected chi connectivity index (χ0v) is 11.0. The van der Waals surface area contributed by atoms with E-state index in [9.17, 15) is 9.18 Å². The summed E-state index contributed by atoms with van der Waals surface area (Å²) in [6.07, 6.45) is 5.69. The fourth-order valence-electron chi connectivity index (χ4n) is 2.09. The van der Waals surface area contributed by atoms with Crippen LogP contribution in [0.25, 0.3) is 0 Å². The Morgan fingerprint density at radius 2 is 2.28 bits per heavy atom. The van der Waals surface area contributed by atoms with Crippen molar-refractivity contribution in [3.63, 3.8) is 0 Å². The number of carboxylic acids is 1. The van der Waals surface area contributed by atoms with Gasteiger partial charge in [-0.25, -0.2) is 9.18 Å². The lowest BCUT2D eigenvalue weighted by atomic mass is 9.84. The van der Waals surface area contributed by atoms with Gasteiger partial charge in [-0.2, -0.15) is 11.8 Å². The Morgan fingerprint density at radius 1 is 1.56 bits per heavy atom. The van der Waals surface area contributed by atoms with Crippen LogP contribution in [-0.2, 0) is 0 Å². The molecule has 1 aromatic carbocycles. The Kier molecular flexibility index (Phi) is 3.80. The quantitative estimate of drug-likeness (QED) is 0.861. The first-order valence-corrected chi connectivity index (χ1v) is 7.11. The third-order valence-electron chi connectivity index (χ3n) is 3.51. The van der Waals surface area contributed by atoms with Gasteiger partial charge in [0.05, 0.1) is 5.56 Å². The number of carboxylic acid groups (broad SMARTS) is 1. The van der Waals surface area contributed by atoms with Crippen molar-refractivity contribution in [3.8, 4) is 0 Å². The topological polar surface area (TPSA) is 49.3 Å². The number of hydrogen-bond acceptors (Lipinski definition) is 3. The molecule has 0 amide bonds. The van der Waals surface area contributed by atoms with Crippen LogP contribution in [-0.4, -0.2) is 28.6 Å². The Balaban J connectivity index is 2.02. The number of thioether (sulfide) groups is 1. The van der Waals surface area contributed by atoms with Crippen molar-refractivity contribution in [2.24, 2.45) is 0 Å². The predicted molar refractivity (Wildman–Crippen MR) is 71.9 cm³/mol. The number of anilines is 1. The molecule has 98 valence electrons. The van der Waals surface area contributed by atoms with Crippen molar-refractivity contribution in [2.45, 2.75) is 24.0 Å². The van der Waals surface area contributed by atoms with Gasteiger partial charge in [-0.3, -0.25) is 0 Å². The van der Waals surface area contributed by atoms with Crippen LogP contribution in [0, 0.1) is 5.82 Å². The molecule has 0 atom stereocenters. The zero-order chi connectivity index (χ0) is 13.2. The minimum Gasteiger partial charge on any atom is -0.478 e. The van der Waals surface area contributed by atoms with Gasteiger partial charge < -0.3 is 10.4 Å². The van der Waals surface area contributed by atoms with E-state index < -0.39 is 11.8 Å². The number of aromatic carboxylic acids is 1. The summed E-state index contributed by atoms with van der Waals surface area (Å²) in [6.45, 7) is 0.792. The second-order valence-electron chi connectivity index (χ2n) is 4.59. The molecule has 2 N–H and O–H groups in total. The molecule has 0 spiro atoms. The lowest BCUT2D eigenvalue weighted by Gasteiger charge is -2.40. The summed E-state index contributed by atoms with van der Waals surface area (Å²) in [5.74, 6) is -1.93. The fraction of sp³-hybridized carbons (Fsp3) is 0.462. The normalized spacial score (nSPS) is 17.0. The molecule has 0 heterocycles. The SMILES string of the molecule is CSC1(CNc2ccc(C(=O)O)c(F)c2)CCC1. The van der Waals surface area contributed by atoms with E-state index >= 15 is 0 Å². The number of nitrogens with one attached hydrogen (secondary N) is 1.